The van der Waals surface area contributed by atoms with Crippen LogP contribution in [-0.4, -0.2) is 52.6 Å². The molecule has 0 aromatic heterocycles. The molecule has 1 heterocycles. The van der Waals surface area contributed by atoms with Crippen LogP contribution in [0.2, 0.25) is 0 Å². The maximum Gasteiger partial charge on any atom is 0.326 e. The first-order valence-corrected chi connectivity index (χ1v) is 11.0. The summed E-state index contributed by atoms with van der Waals surface area (Å²) in [4.78, 5) is 39.1. The zero-order chi connectivity index (χ0) is 23.1. The zero-order valence-corrected chi connectivity index (χ0v) is 18.5. The number of aryl methyl sites for hydroxylation is 1. The molecule has 0 fully saturated rings. The molecule has 1 amide bonds. The highest BCUT2D eigenvalue weighted by atomic mass is 16.5. The van der Waals surface area contributed by atoms with Gasteiger partial charge in [-0.3, -0.25) is 14.9 Å². The first-order valence-electron chi connectivity index (χ1n) is 11.0. The summed E-state index contributed by atoms with van der Waals surface area (Å²) < 4.78 is 5.20. The average molecular weight is 439 g/mol. The molecule has 32 heavy (non-hydrogen) atoms. The van der Waals surface area contributed by atoms with Crippen LogP contribution in [0.4, 0.5) is 0 Å². The summed E-state index contributed by atoms with van der Waals surface area (Å²) in [5.41, 5.74) is 2.97. The van der Waals surface area contributed by atoms with Gasteiger partial charge in [-0.15, -0.1) is 0 Å². The average Bonchev–Trinajstić information content (AvgIpc) is 2.80. The molecule has 2 aromatic carbocycles. The summed E-state index contributed by atoms with van der Waals surface area (Å²) in [6.45, 7) is 3.88. The molecular formula is C25H30N2O5. The van der Waals surface area contributed by atoms with Crippen molar-refractivity contribution in [2.45, 2.75) is 57.8 Å². The summed E-state index contributed by atoms with van der Waals surface area (Å²) in [6.07, 6.45) is 1.37. The molecule has 7 heteroatoms. The Morgan fingerprint density at radius 3 is 2.41 bits per heavy atom. The van der Waals surface area contributed by atoms with E-state index in [1.165, 1.54) is 4.90 Å². The van der Waals surface area contributed by atoms with Crippen LogP contribution >= 0.6 is 0 Å². The Labute approximate surface area is 188 Å². The minimum absolute atomic E-state index is 0.228. The predicted octanol–water partition coefficient (Wildman–Crippen LogP) is 2.57. The molecule has 0 unspecified atom stereocenters. The van der Waals surface area contributed by atoms with Gasteiger partial charge in [0.15, 0.2) is 0 Å². The Hall–Kier alpha value is -3.19. The lowest BCUT2D eigenvalue weighted by Crippen LogP contribution is -2.56. The highest BCUT2D eigenvalue weighted by molar-refractivity contribution is 5.88. The number of rotatable bonds is 9. The van der Waals surface area contributed by atoms with Crippen molar-refractivity contribution in [2.75, 3.05) is 6.61 Å². The first kappa shape index (κ1) is 23.5. The Morgan fingerprint density at radius 2 is 1.75 bits per heavy atom. The van der Waals surface area contributed by atoms with Gasteiger partial charge in [0.05, 0.1) is 12.6 Å². The van der Waals surface area contributed by atoms with Crippen molar-refractivity contribution >= 4 is 17.8 Å². The normalized spacial score (nSPS) is 17.2. The van der Waals surface area contributed by atoms with Crippen molar-refractivity contribution in [2.24, 2.45) is 0 Å². The third-order valence-electron chi connectivity index (χ3n) is 5.77. The van der Waals surface area contributed by atoms with Crippen LogP contribution in [0.5, 0.6) is 0 Å². The highest BCUT2D eigenvalue weighted by Crippen LogP contribution is 2.24. The maximum atomic E-state index is 13.3. The topological polar surface area (TPSA) is 95.9 Å². The van der Waals surface area contributed by atoms with Crippen LogP contribution in [0, 0.1) is 0 Å². The fourth-order valence-corrected chi connectivity index (χ4v) is 4.06. The second kappa shape index (κ2) is 10.9. The van der Waals surface area contributed by atoms with Crippen LogP contribution in [0.25, 0.3) is 0 Å². The van der Waals surface area contributed by atoms with Gasteiger partial charge in [-0.2, -0.15) is 0 Å². The Bertz CT molecular complexity index is 946. The van der Waals surface area contributed by atoms with Gasteiger partial charge < -0.3 is 14.7 Å². The number of aliphatic carboxylic acids is 1. The van der Waals surface area contributed by atoms with E-state index < -0.39 is 30.1 Å². The van der Waals surface area contributed by atoms with Crippen LogP contribution < -0.4 is 5.32 Å². The smallest absolute Gasteiger partial charge is 0.326 e. The lowest BCUT2D eigenvalue weighted by atomic mass is 9.93. The molecule has 0 saturated carbocycles. The van der Waals surface area contributed by atoms with E-state index in [0.717, 1.165) is 16.7 Å². The molecule has 2 N–H and O–H groups in total. The number of carboxylic acids is 1. The number of benzene rings is 2. The molecule has 3 rings (SSSR count). The number of carbonyl (C=O) groups excluding carboxylic acids is 2. The van der Waals surface area contributed by atoms with Crippen molar-refractivity contribution in [1.29, 1.82) is 0 Å². The lowest BCUT2D eigenvalue weighted by Gasteiger charge is -2.36. The summed E-state index contributed by atoms with van der Waals surface area (Å²) in [5, 5.41) is 12.8. The minimum Gasteiger partial charge on any atom is -0.480 e. The van der Waals surface area contributed by atoms with Gasteiger partial charge in [0.25, 0.3) is 0 Å². The number of ether oxygens (including phenoxy) is 1. The zero-order valence-electron chi connectivity index (χ0n) is 18.5. The Kier molecular flexibility index (Phi) is 8.00. The molecule has 1 aliphatic rings. The number of amides is 1. The van der Waals surface area contributed by atoms with Crippen LogP contribution in [0.1, 0.15) is 37.0 Å². The van der Waals surface area contributed by atoms with Crippen LogP contribution in [0.15, 0.2) is 54.6 Å². The Morgan fingerprint density at radius 1 is 1.09 bits per heavy atom. The number of hydrogen-bond donors (Lipinski definition) is 2. The highest BCUT2D eigenvalue weighted by Gasteiger charge is 2.37. The van der Waals surface area contributed by atoms with Gasteiger partial charge in [-0.25, -0.2) is 4.79 Å². The van der Waals surface area contributed by atoms with Crippen LogP contribution in [-0.2, 0) is 38.5 Å². The van der Waals surface area contributed by atoms with Gasteiger partial charge in [0.2, 0.25) is 5.91 Å². The molecule has 0 saturated heterocycles. The second-order valence-electron chi connectivity index (χ2n) is 8.01. The van der Waals surface area contributed by atoms with Crippen molar-refractivity contribution < 1.29 is 24.2 Å². The van der Waals surface area contributed by atoms with Gasteiger partial charge in [-0.05, 0) is 43.4 Å². The van der Waals surface area contributed by atoms with Crippen molar-refractivity contribution in [3.8, 4) is 0 Å². The number of nitrogens with zero attached hydrogens (tertiary/aromatic N) is 1. The number of fused-ring (bicyclic) bond motifs is 1. The maximum absolute atomic E-state index is 13.3. The summed E-state index contributed by atoms with van der Waals surface area (Å²) >= 11 is 0. The van der Waals surface area contributed by atoms with Crippen molar-refractivity contribution in [3.63, 3.8) is 0 Å². The van der Waals surface area contributed by atoms with Gasteiger partial charge in [0.1, 0.15) is 12.1 Å². The van der Waals surface area contributed by atoms with E-state index >= 15 is 0 Å². The molecule has 170 valence electrons. The van der Waals surface area contributed by atoms with Crippen LogP contribution in [0.3, 0.4) is 0 Å². The second-order valence-corrected chi connectivity index (χ2v) is 8.01. The fraction of sp³-hybridized carbons (Fsp3) is 0.400. The van der Waals surface area contributed by atoms with E-state index in [1.54, 1.807) is 13.8 Å². The lowest BCUT2D eigenvalue weighted by molar-refractivity contribution is -0.153. The van der Waals surface area contributed by atoms with E-state index in [9.17, 15) is 19.5 Å². The largest absolute Gasteiger partial charge is 0.480 e. The van der Waals surface area contributed by atoms with E-state index in [-0.39, 0.29) is 25.5 Å². The van der Waals surface area contributed by atoms with Crippen molar-refractivity contribution in [1.82, 2.24) is 10.2 Å². The monoisotopic (exact) mass is 438 g/mol. The number of carboxylic acid groups (broad SMARTS) is 1. The van der Waals surface area contributed by atoms with E-state index in [1.807, 2.05) is 54.6 Å². The number of esters is 1. The third kappa shape index (κ3) is 5.73. The molecule has 0 aliphatic carbocycles. The quantitative estimate of drug-likeness (QED) is 0.584. The molecule has 3 atom stereocenters. The number of carbonyl (C=O) groups is 3. The molecule has 0 radical (unpaired) electrons. The van der Waals surface area contributed by atoms with Gasteiger partial charge in [-0.1, -0.05) is 54.6 Å². The predicted molar refractivity (Wildman–Crippen MR) is 120 cm³/mol. The molecule has 7 nitrogen and oxygen atoms in total. The summed E-state index contributed by atoms with van der Waals surface area (Å²) in [5.74, 6) is -1.80. The Balaban J connectivity index is 1.72. The van der Waals surface area contributed by atoms with Gasteiger partial charge >= 0.3 is 11.9 Å². The van der Waals surface area contributed by atoms with E-state index in [4.69, 9.17) is 4.74 Å². The molecule has 2 aromatic rings. The third-order valence-corrected chi connectivity index (χ3v) is 5.77. The molecule has 0 bridgehead atoms. The van der Waals surface area contributed by atoms with Crippen molar-refractivity contribution in [3.05, 3.63) is 71.3 Å². The summed E-state index contributed by atoms with van der Waals surface area (Å²) in [6, 6.07) is 15.0. The molecule has 1 aliphatic heterocycles. The fourth-order valence-electron chi connectivity index (χ4n) is 4.06. The molecular weight excluding hydrogens is 408 g/mol. The van der Waals surface area contributed by atoms with E-state index in [0.29, 0.717) is 12.8 Å². The van der Waals surface area contributed by atoms with E-state index in [2.05, 4.69) is 5.32 Å². The number of hydrogen-bond acceptors (Lipinski definition) is 5. The SMILES string of the molecule is CCOC(=O)[C@@H](CCc1ccccc1)N[C@@H](C)C(=O)N1Cc2ccccc2C[C@@H]1C(=O)O. The first-order chi connectivity index (χ1) is 15.4. The standard InChI is InChI=1S/C25H30N2O5/c1-3-32-25(31)21(14-13-18-9-5-4-6-10-18)26-17(2)23(28)27-16-20-12-8-7-11-19(20)15-22(27)24(29)30/h4-12,17,21-22,26H,3,13-16H2,1-2H3,(H,29,30)/t17-,21+,22+/m0/s1. The number of nitrogens with one attached hydrogen (secondary N) is 1. The van der Waals surface area contributed by atoms with Gasteiger partial charge in [0, 0.05) is 13.0 Å². The molecule has 0 spiro atoms. The minimum atomic E-state index is -1.04. The summed E-state index contributed by atoms with van der Waals surface area (Å²) in [7, 11) is 0.